The normalized spacial score (nSPS) is 11.8. The number of aromatic nitrogens is 1. The van der Waals surface area contributed by atoms with Crippen LogP contribution in [0.15, 0.2) is 64.0 Å². The lowest BCUT2D eigenvalue weighted by atomic mass is 10.00. The molecule has 130 valence electrons. The van der Waals surface area contributed by atoms with Crippen molar-refractivity contribution in [3.63, 3.8) is 0 Å². The van der Waals surface area contributed by atoms with Gasteiger partial charge in [0.15, 0.2) is 0 Å². The third kappa shape index (κ3) is 3.65. The first-order chi connectivity index (χ1) is 11.9. The average Bonchev–Trinajstić information content (AvgIpc) is 2.96. The molecule has 0 bridgehead atoms. The van der Waals surface area contributed by atoms with Gasteiger partial charge in [-0.1, -0.05) is 47.6 Å². The SMILES string of the molecule is Cc1onc(-c2ccccc2)c1-c1cccc(S(=O)(=O)OC(C)C)c1. The summed E-state index contributed by atoms with van der Waals surface area (Å²) in [6.07, 6.45) is -0.425. The standard InChI is InChI=1S/C19H19NO4S/c1-13(2)24-25(21,22)17-11-7-10-16(12-17)18-14(3)23-20-19(18)15-8-5-4-6-9-15/h4-13H,1-3H3. The Hall–Kier alpha value is -2.44. The highest BCUT2D eigenvalue weighted by Crippen LogP contribution is 2.35. The Morgan fingerprint density at radius 1 is 1.00 bits per heavy atom. The number of nitrogens with zero attached hydrogens (tertiary/aromatic N) is 1. The van der Waals surface area contributed by atoms with Gasteiger partial charge in [0.25, 0.3) is 10.1 Å². The largest absolute Gasteiger partial charge is 0.360 e. The molecular formula is C19H19NO4S. The molecule has 0 aliphatic carbocycles. The van der Waals surface area contributed by atoms with Crippen molar-refractivity contribution in [2.24, 2.45) is 0 Å². The Labute approximate surface area is 147 Å². The van der Waals surface area contributed by atoms with Crippen LogP contribution < -0.4 is 0 Å². The highest BCUT2D eigenvalue weighted by Gasteiger charge is 2.21. The second kappa shape index (κ2) is 6.82. The van der Waals surface area contributed by atoms with E-state index in [0.29, 0.717) is 17.0 Å². The summed E-state index contributed by atoms with van der Waals surface area (Å²) >= 11 is 0. The zero-order chi connectivity index (χ0) is 18.0. The van der Waals surface area contributed by atoms with Gasteiger partial charge in [-0.3, -0.25) is 4.18 Å². The second-order valence-electron chi connectivity index (χ2n) is 5.96. The highest BCUT2D eigenvalue weighted by atomic mass is 32.2. The highest BCUT2D eigenvalue weighted by molar-refractivity contribution is 7.86. The molecular weight excluding hydrogens is 338 g/mol. The monoisotopic (exact) mass is 357 g/mol. The van der Waals surface area contributed by atoms with Gasteiger partial charge >= 0.3 is 0 Å². The van der Waals surface area contributed by atoms with Crippen LogP contribution in [0.1, 0.15) is 19.6 Å². The van der Waals surface area contributed by atoms with E-state index in [1.807, 2.05) is 36.4 Å². The molecule has 5 nitrogen and oxygen atoms in total. The third-order valence-electron chi connectivity index (χ3n) is 3.64. The van der Waals surface area contributed by atoms with Crippen molar-refractivity contribution >= 4 is 10.1 Å². The van der Waals surface area contributed by atoms with Gasteiger partial charge in [0, 0.05) is 5.56 Å². The molecule has 0 spiro atoms. The third-order valence-corrected chi connectivity index (χ3v) is 5.11. The number of rotatable bonds is 5. The van der Waals surface area contributed by atoms with E-state index < -0.39 is 16.2 Å². The molecule has 0 saturated heterocycles. The maximum absolute atomic E-state index is 12.3. The molecule has 25 heavy (non-hydrogen) atoms. The molecule has 0 fully saturated rings. The zero-order valence-electron chi connectivity index (χ0n) is 14.3. The molecule has 0 aliphatic heterocycles. The fourth-order valence-corrected chi connectivity index (χ4v) is 3.76. The molecule has 6 heteroatoms. The van der Waals surface area contributed by atoms with Crippen LogP contribution in [0.3, 0.4) is 0 Å². The Morgan fingerprint density at radius 3 is 2.36 bits per heavy atom. The Balaban J connectivity index is 2.11. The minimum absolute atomic E-state index is 0.110. The van der Waals surface area contributed by atoms with Crippen LogP contribution in [0, 0.1) is 6.92 Å². The molecule has 3 aromatic rings. The van der Waals surface area contributed by atoms with E-state index in [-0.39, 0.29) is 4.90 Å². The molecule has 3 rings (SSSR count). The zero-order valence-corrected chi connectivity index (χ0v) is 15.1. The lowest BCUT2D eigenvalue weighted by Crippen LogP contribution is -2.12. The van der Waals surface area contributed by atoms with E-state index in [2.05, 4.69) is 5.16 Å². The molecule has 0 N–H and O–H groups in total. The van der Waals surface area contributed by atoms with Gasteiger partial charge in [0.2, 0.25) is 0 Å². The van der Waals surface area contributed by atoms with E-state index in [1.165, 1.54) is 6.07 Å². The predicted molar refractivity (Wildman–Crippen MR) is 95.5 cm³/mol. The fourth-order valence-electron chi connectivity index (χ4n) is 2.62. The Kier molecular flexibility index (Phi) is 4.74. The molecule has 1 aromatic heterocycles. The first kappa shape index (κ1) is 17.4. The van der Waals surface area contributed by atoms with Gasteiger partial charge in [-0.25, -0.2) is 0 Å². The topological polar surface area (TPSA) is 69.4 Å². The van der Waals surface area contributed by atoms with Crippen LogP contribution in [-0.2, 0) is 14.3 Å². The maximum Gasteiger partial charge on any atom is 0.297 e. The van der Waals surface area contributed by atoms with E-state index in [1.54, 1.807) is 32.9 Å². The summed E-state index contributed by atoms with van der Waals surface area (Å²) in [6.45, 7) is 5.17. The van der Waals surface area contributed by atoms with Gasteiger partial charge in [0.1, 0.15) is 11.5 Å². The van der Waals surface area contributed by atoms with Crippen LogP contribution in [0.2, 0.25) is 0 Å². The van der Waals surface area contributed by atoms with E-state index in [9.17, 15) is 8.42 Å². The summed E-state index contributed by atoms with van der Waals surface area (Å²) in [5, 5.41) is 4.15. The molecule has 0 saturated carbocycles. The average molecular weight is 357 g/mol. The van der Waals surface area contributed by atoms with Gasteiger partial charge < -0.3 is 4.52 Å². The summed E-state index contributed by atoms with van der Waals surface area (Å²) < 4.78 is 35.1. The van der Waals surface area contributed by atoms with E-state index in [4.69, 9.17) is 8.71 Å². The lowest BCUT2D eigenvalue weighted by molar-refractivity contribution is 0.249. The van der Waals surface area contributed by atoms with Crippen molar-refractivity contribution in [3.05, 3.63) is 60.4 Å². The number of aryl methyl sites for hydroxylation is 1. The van der Waals surface area contributed by atoms with Crippen LogP contribution in [0.5, 0.6) is 0 Å². The Bertz CT molecular complexity index is 976. The van der Waals surface area contributed by atoms with Crippen molar-refractivity contribution < 1.29 is 17.1 Å². The van der Waals surface area contributed by atoms with E-state index >= 15 is 0 Å². The maximum atomic E-state index is 12.3. The first-order valence-corrected chi connectivity index (χ1v) is 9.35. The van der Waals surface area contributed by atoms with Crippen molar-refractivity contribution in [2.75, 3.05) is 0 Å². The van der Waals surface area contributed by atoms with Gasteiger partial charge in [-0.15, -0.1) is 0 Å². The molecule has 0 atom stereocenters. The summed E-state index contributed by atoms with van der Waals surface area (Å²) in [6, 6.07) is 16.3. The van der Waals surface area contributed by atoms with Gasteiger partial charge in [0.05, 0.1) is 16.6 Å². The van der Waals surface area contributed by atoms with Crippen LogP contribution >= 0.6 is 0 Å². The van der Waals surface area contributed by atoms with E-state index in [0.717, 1.165) is 11.1 Å². The van der Waals surface area contributed by atoms with Crippen molar-refractivity contribution in [2.45, 2.75) is 31.8 Å². The first-order valence-electron chi connectivity index (χ1n) is 7.94. The van der Waals surface area contributed by atoms with Gasteiger partial charge in [-0.2, -0.15) is 8.42 Å². The van der Waals surface area contributed by atoms with Crippen LogP contribution in [-0.4, -0.2) is 19.7 Å². The predicted octanol–water partition coefficient (Wildman–Crippen LogP) is 4.43. The second-order valence-corrected chi connectivity index (χ2v) is 7.53. The minimum Gasteiger partial charge on any atom is -0.360 e. The number of hydrogen-bond donors (Lipinski definition) is 0. The van der Waals surface area contributed by atoms with Crippen molar-refractivity contribution in [1.29, 1.82) is 0 Å². The molecule has 0 amide bonds. The smallest absolute Gasteiger partial charge is 0.297 e. The lowest BCUT2D eigenvalue weighted by Gasteiger charge is -2.10. The summed E-state index contributed by atoms with van der Waals surface area (Å²) in [5.41, 5.74) is 3.07. The quantitative estimate of drug-likeness (QED) is 0.632. The molecule has 1 heterocycles. The molecule has 0 aliphatic rings. The summed E-state index contributed by atoms with van der Waals surface area (Å²) in [4.78, 5) is 0.110. The summed E-state index contributed by atoms with van der Waals surface area (Å²) in [7, 11) is -3.81. The number of hydrogen-bond acceptors (Lipinski definition) is 5. The van der Waals surface area contributed by atoms with Crippen LogP contribution in [0.25, 0.3) is 22.4 Å². The van der Waals surface area contributed by atoms with Gasteiger partial charge in [-0.05, 0) is 38.5 Å². The van der Waals surface area contributed by atoms with Crippen LogP contribution in [0.4, 0.5) is 0 Å². The molecule has 0 unspecified atom stereocenters. The minimum atomic E-state index is -3.81. The molecule has 0 radical (unpaired) electrons. The fraction of sp³-hybridized carbons (Fsp3) is 0.211. The van der Waals surface area contributed by atoms with Crippen molar-refractivity contribution in [1.82, 2.24) is 5.16 Å². The van der Waals surface area contributed by atoms with Crippen molar-refractivity contribution in [3.8, 4) is 22.4 Å². The Morgan fingerprint density at radius 2 is 1.68 bits per heavy atom. The summed E-state index contributed by atoms with van der Waals surface area (Å²) in [5.74, 6) is 0.623. The molecule has 2 aromatic carbocycles. The number of benzene rings is 2.